The first kappa shape index (κ1) is 26.9. The van der Waals surface area contributed by atoms with Gasteiger partial charge in [-0.1, -0.05) is 11.8 Å². The van der Waals surface area contributed by atoms with Gasteiger partial charge < -0.3 is 9.84 Å². The Bertz CT molecular complexity index is 1640. The molecule has 2 aromatic carbocycles. The predicted octanol–water partition coefficient (Wildman–Crippen LogP) is 4.46. The van der Waals surface area contributed by atoms with Crippen LogP contribution in [-0.4, -0.2) is 35.3 Å². The predicted molar refractivity (Wildman–Crippen MR) is 135 cm³/mol. The Kier molecular flexibility index (Phi) is 7.54. The Morgan fingerprint density at radius 2 is 1.75 bits per heavy atom. The first-order valence-electron chi connectivity index (χ1n) is 11.6. The third-order valence-electron chi connectivity index (χ3n) is 5.81. The zero-order chi connectivity index (χ0) is 28.2. The molecule has 1 unspecified atom stereocenters. The van der Waals surface area contributed by atoms with Crippen molar-refractivity contribution in [3.05, 3.63) is 118 Å². The Labute approximate surface area is 228 Å². The number of aromatic nitrogens is 6. The third kappa shape index (κ3) is 5.68. The Morgan fingerprint density at radius 3 is 2.40 bits per heavy atom. The molecule has 13 heteroatoms. The van der Waals surface area contributed by atoms with Crippen LogP contribution < -0.4 is 4.74 Å². The van der Waals surface area contributed by atoms with Crippen LogP contribution in [0, 0.1) is 23.5 Å². The summed E-state index contributed by atoms with van der Waals surface area (Å²) in [6.45, 7) is -0.591. The zero-order valence-electron chi connectivity index (χ0n) is 20.4. The number of hydrogen-bond acceptors (Lipinski definition) is 8. The lowest BCUT2D eigenvalue weighted by Crippen LogP contribution is -2.48. The van der Waals surface area contributed by atoms with E-state index in [4.69, 9.17) is 4.74 Å². The van der Waals surface area contributed by atoms with E-state index >= 15 is 8.78 Å². The van der Waals surface area contributed by atoms with E-state index in [1.54, 1.807) is 30.5 Å². The number of hydrogen-bond donors (Lipinski definition) is 1. The lowest BCUT2D eigenvalue weighted by atomic mass is 9.84. The lowest BCUT2D eigenvalue weighted by Gasteiger charge is -2.35. The highest BCUT2D eigenvalue weighted by Gasteiger charge is 2.57. The maximum Gasteiger partial charge on any atom is 0.323 e. The summed E-state index contributed by atoms with van der Waals surface area (Å²) in [5.41, 5.74) is -3.96. The van der Waals surface area contributed by atoms with Gasteiger partial charge in [-0.05, 0) is 59.0 Å². The van der Waals surface area contributed by atoms with Crippen molar-refractivity contribution in [2.45, 2.75) is 24.7 Å². The van der Waals surface area contributed by atoms with Crippen molar-refractivity contribution >= 4 is 11.3 Å². The normalized spacial score (nSPS) is 12.8. The van der Waals surface area contributed by atoms with Gasteiger partial charge in [-0.15, -0.1) is 16.4 Å². The van der Waals surface area contributed by atoms with E-state index in [9.17, 15) is 13.9 Å². The van der Waals surface area contributed by atoms with Gasteiger partial charge >= 0.3 is 5.92 Å². The van der Waals surface area contributed by atoms with E-state index in [2.05, 4.69) is 37.3 Å². The van der Waals surface area contributed by atoms with Crippen LogP contribution in [0.1, 0.15) is 27.4 Å². The van der Waals surface area contributed by atoms with E-state index in [-0.39, 0.29) is 0 Å². The van der Waals surface area contributed by atoms with Crippen LogP contribution in [0.25, 0.3) is 0 Å². The number of benzene rings is 2. The molecule has 0 radical (unpaired) electrons. The molecule has 1 N–H and O–H groups in total. The van der Waals surface area contributed by atoms with Gasteiger partial charge in [-0.3, -0.25) is 4.98 Å². The molecule has 5 aromatic rings. The standard InChI is InChI=1S/C27H18F4N6O2S/c28-20-6-9-22(23(29)13-20)26(38,16-37-17-34-35-36-37)27(30,31)24-10-5-19(14-33-24)2-1-18-3-7-21(8-4-18)39-15-25-32-11-12-40-25/h3-14,17,38H,15-16H2. The molecule has 5 rings (SSSR count). The second kappa shape index (κ2) is 11.2. The highest BCUT2D eigenvalue weighted by molar-refractivity contribution is 7.09. The number of ether oxygens (including phenoxy) is 1. The molecule has 40 heavy (non-hydrogen) atoms. The second-order valence-electron chi connectivity index (χ2n) is 8.49. The minimum atomic E-state index is -4.15. The summed E-state index contributed by atoms with van der Waals surface area (Å²) in [6, 6.07) is 11.2. The van der Waals surface area contributed by atoms with Crippen molar-refractivity contribution < 1.29 is 27.4 Å². The van der Waals surface area contributed by atoms with Gasteiger partial charge in [0, 0.05) is 40.5 Å². The average Bonchev–Trinajstić information content (AvgIpc) is 3.66. The largest absolute Gasteiger partial charge is 0.486 e. The van der Waals surface area contributed by atoms with E-state index < -0.39 is 41.0 Å². The van der Waals surface area contributed by atoms with Gasteiger partial charge in [0.2, 0.25) is 0 Å². The number of alkyl halides is 2. The number of aliphatic hydroxyl groups is 1. The maximum absolute atomic E-state index is 15.8. The van der Waals surface area contributed by atoms with Gasteiger partial charge in [-0.25, -0.2) is 18.4 Å². The summed E-state index contributed by atoms with van der Waals surface area (Å²) in [7, 11) is 0. The van der Waals surface area contributed by atoms with Crippen LogP contribution in [0.15, 0.2) is 78.7 Å². The Morgan fingerprint density at radius 1 is 0.975 bits per heavy atom. The van der Waals surface area contributed by atoms with Crippen molar-refractivity contribution in [3.63, 3.8) is 0 Å². The number of thiazole rings is 1. The SMILES string of the molecule is OC(Cn1cnnn1)(c1ccc(F)cc1F)C(F)(F)c1ccc(C#Cc2ccc(OCc3nccs3)cc2)cn1. The molecule has 0 bridgehead atoms. The molecule has 0 spiro atoms. The number of nitrogens with zero attached hydrogens (tertiary/aromatic N) is 6. The van der Waals surface area contributed by atoms with Crippen molar-refractivity contribution in [2.24, 2.45) is 0 Å². The molecule has 0 saturated carbocycles. The highest BCUT2D eigenvalue weighted by atomic mass is 32.1. The first-order chi connectivity index (χ1) is 19.2. The molecule has 1 atom stereocenters. The van der Waals surface area contributed by atoms with E-state index in [0.29, 0.717) is 29.5 Å². The number of halogens is 4. The second-order valence-corrected chi connectivity index (χ2v) is 9.47. The summed E-state index contributed by atoms with van der Waals surface area (Å²) < 4.78 is 66.3. The van der Waals surface area contributed by atoms with Gasteiger partial charge in [0.1, 0.15) is 41.0 Å². The molecule has 8 nitrogen and oxygen atoms in total. The van der Waals surface area contributed by atoms with Crippen LogP contribution in [0.3, 0.4) is 0 Å². The highest BCUT2D eigenvalue weighted by Crippen LogP contribution is 2.46. The fraction of sp³-hybridized carbons (Fsp3) is 0.148. The summed E-state index contributed by atoms with van der Waals surface area (Å²) in [6.07, 6.45) is 3.79. The van der Waals surface area contributed by atoms with Gasteiger partial charge in [0.15, 0.2) is 5.60 Å². The van der Waals surface area contributed by atoms with Crippen LogP contribution in [0.4, 0.5) is 17.6 Å². The molecule has 0 saturated heterocycles. The minimum Gasteiger partial charge on any atom is -0.486 e. The molecule has 0 aliphatic carbocycles. The van der Waals surface area contributed by atoms with Gasteiger partial charge in [-0.2, -0.15) is 8.78 Å². The fourth-order valence-electron chi connectivity index (χ4n) is 3.78. The topological polar surface area (TPSA) is 98.8 Å². The fourth-order valence-corrected chi connectivity index (χ4v) is 4.31. The molecule has 0 aliphatic heterocycles. The number of rotatable bonds is 8. The molecule has 0 amide bonds. The van der Waals surface area contributed by atoms with E-state index in [1.165, 1.54) is 17.4 Å². The smallest absolute Gasteiger partial charge is 0.323 e. The Hall–Kier alpha value is -4.67. The van der Waals surface area contributed by atoms with Crippen LogP contribution in [-0.2, 0) is 24.7 Å². The summed E-state index contributed by atoms with van der Waals surface area (Å²) >= 11 is 1.49. The van der Waals surface area contributed by atoms with Gasteiger partial charge in [0.05, 0.1) is 6.54 Å². The third-order valence-corrected chi connectivity index (χ3v) is 6.57. The molecule has 0 aliphatic rings. The van der Waals surface area contributed by atoms with E-state index in [1.807, 2.05) is 5.38 Å². The van der Waals surface area contributed by atoms with Crippen LogP contribution >= 0.6 is 11.3 Å². The monoisotopic (exact) mass is 566 g/mol. The average molecular weight is 567 g/mol. The quantitative estimate of drug-likeness (QED) is 0.219. The molecule has 202 valence electrons. The number of tetrazole rings is 1. The van der Waals surface area contributed by atoms with E-state index in [0.717, 1.165) is 40.4 Å². The van der Waals surface area contributed by atoms with Crippen molar-refractivity contribution in [1.82, 2.24) is 30.2 Å². The zero-order valence-corrected chi connectivity index (χ0v) is 21.2. The van der Waals surface area contributed by atoms with Crippen molar-refractivity contribution in [2.75, 3.05) is 0 Å². The van der Waals surface area contributed by atoms with Gasteiger partial charge in [0.25, 0.3) is 0 Å². The molecular formula is C27H18F4N6O2S. The minimum absolute atomic E-state index is 0.320. The van der Waals surface area contributed by atoms with Crippen molar-refractivity contribution in [1.29, 1.82) is 0 Å². The Balaban J connectivity index is 1.36. The van der Waals surface area contributed by atoms with Crippen LogP contribution in [0.5, 0.6) is 5.75 Å². The molecular weight excluding hydrogens is 548 g/mol. The lowest BCUT2D eigenvalue weighted by molar-refractivity contribution is -0.207. The summed E-state index contributed by atoms with van der Waals surface area (Å²) in [5, 5.41) is 24.1. The van der Waals surface area contributed by atoms with Crippen LogP contribution in [0.2, 0.25) is 0 Å². The molecule has 0 fully saturated rings. The number of pyridine rings is 1. The summed E-state index contributed by atoms with van der Waals surface area (Å²) in [5.74, 6) is -0.126. The van der Waals surface area contributed by atoms with Crippen molar-refractivity contribution in [3.8, 4) is 17.6 Å². The summed E-state index contributed by atoms with van der Waals surface area (Å²) in [4.78, 5) is 7.95. The molecule has 3 heterocycles. The first-order valence-corrected chi connectivity index (χ1v) is 12.5. The molecule has 3 aromatic heterocycles. The maximum atomic E-state index is 15.8.